The first-order valence-corrected chi connectivity index (χ1v) is 12.1. The van der Waals surface area contributed by atoms with Gasteiger partial charge < -0.3 is 29.9 Å². The van der Waals surface area contributed by atoms with E-state index in [2.05, 4.69) is 32.6 Å². The summed E-state index contributed by atoms with van der Waals surface area (Å²) in [6.07, 6.45) is -0.153. The predicted octanol–water partition coefficient (Wildman–Crippen LogP) is 1.18. The molecule has 2 saturated heterocycles. The number of anilines is 2. The first-order chi connectivity index (χ1) is 17.5. The van der Waals surface area contributed by atoms with Crippen LogP contribution >= 0.6 is 0 Å². The summed E-state index contributed by atoms with van der Waals surface area (Å²) < 4.78 is 10.5. The zero-order valence-electron chi connectivity index (χ0n) is 20.7. The number of methoxy groups -OCH3 is 2. The minimum absolute atomic E-state index is 0.144. The average molecular weight is 496 g/mol. The summed E-state index contributed by atoms with van der Waals surface area (Å²) >= 11 is 0. The van der Waals surface area contributed by atoms with Crippen molar-refractivity contribution in [2.75, 3.05) is 70.2 Å². The number of amides is 3. The summed E-state index contributed by atoms with van der Waals surface area (Å²) in [6.45, 7) is 4.11. The van der Waals surface area contributed by atoms with E-state index in [0.717, 1.165) is 26.2 Å². The van der Waals surface area contributed by atoms with Gasteiger partial charge in [0.1, 0.15) is 17.5 Å². The number of carbonyl (C=O) groups excluding carboxylic acids is 3. The van der Waals surface area contributed by atoms with Crippen LogP contribution in [0, 0.1) is 0 Å². The molecule has 0 saturated carbocycles. The lowest BCUT2D eigenvalue weighted by Crippen LogP contribution is -2.60. The van der Waals surface area contributed by atoms with Crippen LogP contribution in [0.25, 0.3) is 0 Å². The van der Waals surface area contributed by atoms with Gasteiger partial charge in [-0.3, -0.25) is 19.3 Å². The van der Waals surface area contributed by atoms with E-state index in [1.165, 1.54) is 24.8 Å². The van der Waals surface area contributed by atoms with E-state index < -0.39 is 11.9 Å². The molecule has 0 aliphatic carbocycles. The molecule has 2 aliphatic heterocycles. The van der Waals surface area contributed by atoms with E-state index >= 15 is 0 Å². The Bertz CT molecular complexity index is 1070. The number of carbonyl (C=O) groups is 3. The molecule has 36 heavy (non-hydrogen) atoms. The van der Waals surface area contributed by atoms with Crippen LogP contribution in [-0.4, -0.2) is 93.6 Å². The highest BCUT2D eigenvalue weighted by atomic mass is 16.5. The van der Waals surface area contributed by atoms with Crippen molar-refractivity contribution < 1.29 is 23.9 Å². The second kappa shape index (κ2) is 11.8. The summed E-state index contributed by atoms with van der Waals surface area (Å²) in [5.41, 5.74) is 1.61. The number of nitrogens with one attached hydrogen (secondary N) is 2. The number of benzene rings is 2. The maximum Gasteiger partial charge on any atom is 0.243 e. The molecule has 0 radical (unpaired) electrons. The number of nitrogens with zero attached hydrogens (tertiary/aromatic N) is 3. The molecule has 192 valence electrons. The van der Waals surface area contributed by atoms with Crippen molar-refractivity contribution in [1.29, 1.82) is 0 Å². The highest BCUT2D eigenvalue weighted by molar-refractivity contribution is 5.98. The Morgan fingerprint density at radius 3 is 2.44 bits per heavy atom. The summed E-state index contributed by atoms with van der Waals surface area (Å²) in [6, 6.07) is 14.4. The zero-order chi connectivity index (χ0) is 25.5. The van der Waals surface area contributed by atoms with Gasteiger partial charge in [-0.2, -0.15) is 0 Å². The van der Waals surface area contributed by atoms with Crippen molar-refractivity contribution in [3.63, 3.8) is 0 Å². The molecule has 0 unspecified atom stereocenters. The van der Waals surface area contributed by atoms with E-state index in [4.69, 9.17) is 9.47 Å². The van der Waals surface area contributed by atoms with Gasteiger partial charge in [-0.15, -0.1) is 0 Å². The van der Waals surface area contributed by atoms with E-state index in [1.54, 1.807) is 18.2 Å². The Kier molecular flexibility index (Phi) is 8.27. The van der Waals surface area contributed by atoms with Crippen molar-refractivity contribution in [2.45, 2.75) is 12.5 Å². The number of ether oxygens (including phenoxy) is 2. The third-order valence-corrected chi connectivity index (χ3v) is 6.56. The molecule has 0 spiro atoms. The Balaban J connectivity index is 1.35. The van der Waals surface area contributed by atoms with Gasteiger partial charge in [0.2, 0.25) is 17.7 Å². The van der Waals surface area contributed by atoms with E-state index in [1.807, 2.05) is 18.2 Å². The minimum atomic E-state index is -0.867. The fourth-order valence-electron chi connectivity index (χ4n) is 4.59. The second-order valence-corrected chi connectivity index (χ2v) is 8.81. The van der Waals surface area contributed by atoms with E-state index in [-0.39, 0.29) is 24.8 Å². The first kappa shape index (κ1) is 25.3. The first-order valence-electron chi connectivity index (χ1n) is 12.1. The predicted molar refractivity (Wildman–Crippen MR) is 136 cm³/mol. The minimum Gasteiger partial charge on any atom is -0.497 e. The van der Waals surface area contributed by atoms with Gasteiger partial charge in [0.25, 0.3) is 0 Å². The van der Waals surface area contributed by atoms with Crippen LogP contribution in [0.5, 0.6) is 11.5 Å². The van der Waals surface area contributed by atoms with E-state index in [9.17, 15) is 14.4 Å². The highest BCUT2D eigenvalue weighted by Crippen LogP contribution is 2.29. The van der Waals surface area contributed by atoms with Crippen molar-refractivity contribution in [3.8, 4) is 11.5 Å². The summed E-state index contributed by atoms with van der Waals surface area (Å²) in [7, 11) is 3.04. The Morgan fingerprint density at radius 2 is 1.75 bits per heavy atom. The third kappa shape index (κ3) is 6.06. The van der Waals surface area contributed by atoms with Crippen LogP contribution in [-0.2, 0) is 14.4 Å². The fraction of sp³-hybridized carbons (Fsp3) is 0.423. The quantitative estimate of drug-likeness (QED) is 0.567. The normalized spacial score (nSPS) is 18.4. The zero-order valence-corrected chi connectivity index (χ0v) is 20.7. The van der Waals surface area contributed by atoms with Crippen LogP contribution in [0.3, 0.4) is 0 Å². The SMILES string of the molecule is COc1ccc(OC)c(NC(=O)C[C@@H]2C(=O)NCCN2C(=O)CN2CCN(c3ccccc3)CC2)c1. The van der Waals surface area contributed by atoms with Crippen molar-refractivity contribution >= 4 is 29.1 Å². The maximum absolute atomic E-state index is 13.2. The van der Waals surface area contributed by atoms with Gasteiger partial charge in [0.05, 0.1) is 32.9 Å². The number of rotatable bonds is 8. The number of hydrogen-bond donors (Lipinski definition) is 2. The molecule has 10 nitrogen and oxygen atoms in total. The van der Waals surface area contributed by atoms with Gasteiger partial charge >= 0.3 is 0 Å². The molecular weight excluding hydrogens is 462 g/mol. The van der Waals surface area contributed by atoms with Gasteiger partial charge in [0.15, 0.2) is 0 Å². The molecular formula is C26H33N5O5. The topological polar surface area (TPSA) is 103 Å². The Morgan fingerprint density at radius 1 is 1.00 bits per heavy atom. The Labute approximate surface area is 211 Å². The lowest BCUT2D eigenvalue weighted by Gasteiger charge is -2.39. The van der Waals surface area contributed by atoms with Gasteiger partial charge in [-0.05, 0) is 24.3 Å². The third-order valence-electron chi connectivity index (χ3n) is 6.56. The van der Waals surface area contributed by atoms with Gasteiger partial charge in [0, 0.05) is 51.0 Å². The molecule has 2 aliphatic rings. The van der Waals surface area contributed by atoms with Gasteiger partial charge in [-0.25, -0.2) is 0 Å². The van der Waals surface area contributed by atoms with Crippen LogP contribution in [0.15, 0.2) is 48.5 Å². The largest absolute Gasteiger partial charge is 0.497 e. The van der Waals surface area contributed by atoms with Gasteiger partial charge in [-0.1, -0.05) is 18.2 Å². The number of hydrogen-bond acceptors (Lipinski definition) is 7. The lowest BCUT2D eigenvalue weighted by atomic mass is 10.1. The van der Waals surface area contributed by atoms with E-state index in [0.29, 0.717) is 30.3 Å². The van der Waals surface area contributed by atoms with Crippen molar-refractivity contribution in [3.05, 3.63) is 48.5 Å². The monoisotopic (exact) mass is 495 g/mol. The summed E-state index contributed by atoms with van der Waals surface area (Å²) in [5, 5.41) is 5.56. The van der Waals surface area contributed by atoms with Crippen LogP contribution < -0.4 is 25.0 Å². The second-order valence-electron chi connectivity index (χ2n) is 8.81. The molecule has 1 atom stereocenters. The lowest BCUT2D eigenvalue weighted by molar-refractivity contribution is -0.145. The molecule has 4 rings (SSSR count). The van der Waals surface area contributed by atoms with Crippen molar-refractivity contribution in [1.82, 2.24) is 15.1 Å². The molecule has 2 heterocycles. The number of para-hydroxylation sites is 1. The van der Waals surface area contributed by atoms with Crippen LogP contribution in [0.2, 0.25) is 0 Å². The average Bonchev–Trinajstić information content (AvgIpc) is 2.90. The van der Waals surface area contributed by atoms with Crippen LogP contribution in [0.4, 0.5) is 11.4 Å². The molecule has 2 aromatic rings. The standard InChI is InChI=1S/C26H33N5O5/c1-35-20-8-9-23(36-2)21(16-20)28-24(32)17-22-26(34)27-10-11-31(22)25(33)18-29-12-14-30(15-13-29)19-6-4-3-5-7-19/h3-9,16,22H,10-15,17-18H2,1-2H3,(H,27,34)(H,28,32)/t22-/m1/s1. The molecule has 2 fully saturated rings. The molecule has 0 aromatic heterocycles. The van der Waals surface area contributed by atoms with Crippen molar-refractivity contribution in [2.24, 2.45) is 0 Å². The molecule has 3 amide bonds. The Hall–Kier alpha value is -3.79. The molecule has 2 N–H and O–H groups in total. The summed E-state index contributed by atoms with van der Waals surface area (Å²) in [5.74, 6) is 0.175. The molecule has 0 bridgehead atoms. The maximum atomic E-state index is 13.2. The number of piperazine rings is 2. The summed E-state index contributed by atoms with van der Waals surface area (Å²) in [4.78, 5) is 44.7. The fourth-order valence-corrected chi connectivity index (χ4v) is 4.59. The van der Waals surface area contributed by atoms with Crippen LogP contribution in [0.1, 0.15) is 6.42 Å². The highest BCUT2D eigenvalue weighted by Gasteiger charge is 2.35. The molecule has 10 heteroatoms. The smallest absolute Gasteiger partial charge is 0.243 e. The molecule has 2 aromatic carbocycles.